The van der Waals surface area contributed by atoms with Gasteiger partial charge in [-0.25, -0.2) is 4.98 Å². The molecule has 6 heteroatoms. The van der Waals surface area contributed by atoms with Gasteiger partial charge in [-0.15, -0.1) is 0 Å². The lowest BCUT2D eigenvalue weighted by molar-refractivity contribution is 0.104. The average Bonchev–Trinajstić information content (AvgIpc) is 3.05. The van der Waals surface area contributed by atoms with Crippen LogP contribution in [0.4, 0.5) is 11.5 Å². The van der Waals surface area contributed by atoms with Crippen molar-refractivity contribution in [3.8, 4) is 5.88 Å². The lowest BCUT2D eigenvalue weighted by atomic mass is 9.95. The van der Waals surface area contributed by atoms with Crippen LogP contribution in [0.5, 0.6) is 5.88 Å². The van der Waals surface area contributed by atoms with Gasteiger partial charge in [0, 0.05) is 12.6 Å². The van der Waals surface area contributed by atoms with Crippen LogP contribution in [0.3, 0.4) is 0 Å². The molecule has 0 spiro atoms. The van der Waals surface area contributed by atoms with E-state index in [1.165, 1.54) is 32.1 Å². The van der Waals surface area contributed by atoms with Gasteiger partial charge in [0.05, 0.1) is 7.11 Å². The molecule has 0 aromatic carbocycles. The van der Waals surface area contributed by atoms with Crippen LogP contribution in [0.1, 0.15) is 56.9 Å². The second kappa shape index (κ2) is 6.47. The zero-order valence-corrected chi connectivity index (χ0v) is 12.6. The zero-order chi connectivity index (χ0) is 14.7. The van der Waals surface area contributed by atoms with Crippen molar-refractivity contribution in [1.29, 1.82) is 0 Å². The molecule has 1 aliphatic heterocycles. The first-order valence-electron chi connectivity index (χ1n) is 7.87. The highest BCUT2D eigenvalue weighted by Gasteiger charge is 2.25. The SMILES string of the molecule is COc1nc(C2CCCO2)nc(NC2CCCCC2)c1N. The van der Waals surface area contributed by atoms with Crippen LogP contribution in [-0.4, -0.2) is 29.7 Å². The van der Waals surface area contributed by atoms with Gasteiger partial charge in [0.25, 0.3) is 0 Å². The summed E-state index contributed by atoms with van der Waals surface area (Å²) in [6.45, 7) is 0.770. The quantitative estimate of drug-likeness (QED) is 0.887. The van der Waals surface area contributed by atoms with Gasteiger partial charge >= 0.3 is 0 Å². The van der Waals surface area contributed by atoms with Crippen molar-refractivity contribution < 1.29 is 9.47 Å². The summed E-state index contributed by atoms with van der Waals surface area (Å²) in [6, 6.07) is 0.443. The Kier molecular flexibility index (Phi) is 4.43. The van der Waals surface area contributed by atoms with Crippen molar-refractivity contribution in [3.63, 3.8) is 0 Å². The van der Waals surface area contributed by atoms with Crippen LogP contribution >= 0.6 is 0 Å². The summed E-state index contributed by atoms with van der Waals surface area (Å²) in [5.41, 5.74) is 6.62. The van der Waals surface area contributed by atoms with E-state index < -0.39 is 0 Å². The molecule has 1 unspecified atom stereocenters. The molecule has 1 aromatic rings. The number of rotatable bonds is 4. The monoisotopic (exact) mass is 292 g/mol. The molecule has 3 rings (SSSR count). The van der Waals surface area contributed by atoms with Gasteiger partial charge in [0.15, 0.2) is 11.6 Å². The molecule has 3 N–H and O–H groups in total. The molecular formula is C15H24N4O2. The third kappa shape index (κ3) is 3.20. The number of hydrogen-bond acceptors (Lipinski definition) is 6. The average molecular weight is 292 g/mol. The summed E-state index contributed by atoms with van der Waals surface area (Å²) in [7, 11) is 1.59. The highest BCUT2D eigenvalue weighted by Crippen LogP contribution is 2.33. The van der Waals surface area contributed by atoms with Crippen LogP contribution < -0.4 is 15.8 Å². The predicted octanol–water partition coefficient (Wildman–Crippen LogP) is 2.66. The molecule has 1 aliphatic carbocycles. The number of anilines is 2. The summed E-state index contributed by atoms with van der Waals surface area (Å²) < 4.78 is 11.0. The Hall–Kier alpha value is -1.56. The van der Waals surface area contributed by atoms with E-state index in [2.05, 4.69) is 15.3 Å². The lowest BCUT2D eigenvalue weighted by Gasteiger charge is -2.24. The van der Waals surface area contributed by atoms with Crippen molar-refractivity contribution in [2.24, 2.45) is 0 Å². The van der Waals surface area contributed by atoms with Crippen molar-refractivity contribution in [2.75, 3.05) is 24.8 Å². The Morgan fingerprint density at radius 1 is 1.14 bits per heavy atom. The second-order valence-corrected chi connectivity index (χ2v) is 5.83. The maximum Gasteiger partial charge on any atom is 0.242 e. The molecule has 1 saturated carbocycles. The molecule has 2 aliphatic rings. The molecule has 2 fully saturated rings. The van der Waals surface area contributed by atoms with Crippen molar-refractivity contribution in [1.82, 2.24) is 9.97 Å². The van der Waals surface area contributed by atoms with Crippen molar-refractivity contribution in [2.45, 2.75) is 57.1 Å². The van der Waals surface area contributed by atoms with Gasteiger partial charge in [-0.2, -0.15) is 4.98 Å². The minimum Gasteiger partial charge on any atom is -0.479 e. The molecule has 21 heavy (non-hydrogen) atoms. The van der Waals surface area contributed by atoms with Gasteiger partial charge in [-0.05, 0) is 25.7 Å². The Balaban J connectivity index is 1.84. The van der Waals surface area contributed by atoms with Gasteiger partial charge in [-0.1, -0.05) is 19.3 Å². The summed E-state index contributed by atoms with van der Waals surface area (Å²) in [4.78, 5) is 9.01. The van der Waals surface area contributed by atoms with E-state index in [4.69, 9.17) is 15.2 Å². The number of nitrogens with two attached hydrogens (primary N) is 1. The maximum atomic E-state index is 6.13. The maximum absolute atomic E-state index is 6.13. The van der Waals surface area contributed by atoms with E-state index in [-0.39, 0.29) is 6.10 Å². The summed E-state index contributed by atoms with van der Waals surface area (Å²) in [6.07, 6.45) is 8.15. The first kappa shape index (κ1) is 14.4. The van der Waals surface area contributed by atoms with E-state index in [0.717, 1.165) is 19.4 Å². The molecule has 0 radical (unpaired) electrons. The normalized spacial score (nSPS) is 23.2. The Morgan fingerprint density at radius 3 is 2.62 bits per heavy atom. The number of aromatic nitrogens is 2. The topological polar surface area (TPSA) is 82.3 Å². The standard InChI is InChI=1S/C15H24N4O2/c1-20-15-12(16)14(17-10-6-3-2-4-7-10)18-13(19-15)11-8-5-9-21-11/h10-11H,2-9,16H2,1H3,(H,17,18,19). The van der Waals surface area contributed by atoms with Crippen molar-refractivity contribution in [3.05, 3.63) is 5.82 Å². The van der Waals surface area contributed by atoms with E-state index in [1.54, 1.807) is 7.11 Å². The molecule has 2 heterocycles. The fourth-order valence-corrected chi connectivity index (χ4v) is 3.10. The third-order valence-electron chi connectivity index (χ3n) is 4.29. The Morgan fingerprint density at radius 2 is 1.95 bits per heavy atom. The van der Waals surface area contributed by atoms with E-state index >= 15 is 0 Å². The van der Waals surface area contributed by atoms with Gasteiger partial charge in [0.1, 0.15) is 11.8 Å². The number of ether oxygens (including phenoxy) is 2. The lowest BCUT2D eigenvalue weighted by Crippen LogP contribution is -2.24. The molecule has 6 nitrogen and oxygen atoms in total. The van der Waals surface area contributed by atoms with Crippen molar-refractivity contribution >= 4 is 11.5 Å². The smallest absolute Gasteiger partial charge is 0.242 e. The fourth-order valence-electron chi connectivity index (χ4n) is 3.10. The highest BCUT2D eigenvalue weighted by atomic mass is 16.5. The van der Waals surface area contributed by atoms with Crippen LogP contribution in [0.15, 0.2) is 0 Å². The van der Waals surface area contributed by atoms with Crippen LogP contribution in [0.25, 0.3) is 0 Å². The van der Waals surface area contributed by atoms with Crippen LogP contribution in [0, 0.1) is 0 Å². The fraction of sp³-hybridized carbons (Fsp3) is 0.733. The van der Waals surface area contributed by atoms with E-state index in [9.17, 15) is 0 Å². The molecule has 0 amide bonds. The molecule has 0 bridgehead atoms. The van der Waals surface area contributed by atoms with E-state index in [0.29, 0.717) is 29.3 Å². The number of nitrogen functional groups attached to an aromatic ring is 1. The molecule has 1 atom stereocenters. The minimum atomic E-state index is -0.0357. The molecule has 116 valence electrons. The summed E-state index contributed by atoms with van der Waals surface area (Å²) in [5.74, 6) is 1.81. The van der Waals surface area contributed by atoms with Gasteiger partial charge in [0.2, 0.25) is 5.88 Å². The van der Waals surface area contributed by atoms with E-state index in [1.807, 2.05) is 0 Å². The number of methoxy groups -OCH3 is 1. The molecular weight excluding hydrogens is 268 g/mol. The largest absolute Gasteiger partial charge is 0.479 e. The number of hydrogen-bond donors (Lipinski definition) is 2. The highest BCUT2D eigenvalue weighted by molar-refractivity contribution is 5.67. The third-order valence-corrected chi connectivity index (χ3v) is 4.29. The summed E-state index contributed by atoms with van der Waals surface area (Å²) >= 11 is 0. The second-order valence-electron chi connectivity index (χ2n) is 5.83. The van der Waals surface area contributed by atoms with Gasteiger partial charge in [-0.3, -0.25) is 0 Å². The zero-order valence-electron chi connectivity index (χ0n) is 12.6. The molecule has 1 aromatic heterocycles. The predicted molar refractivity (Wildman–Crippen MR) is 81.4 cm³/mol. The van der Waals surface area contributed by atoms with Crippen LogP contribution in [0.2, 0.25) is 0 Å². The Labute approximate surface area is 125 Å². The van der Waals surface area contributed by atoms with Gasteiger partial charge < -0.3 is 20.5 Å². The first-order chi connectivity index (χ1) is 10.3. The number of nitrogens with zero attached hydrogens (tertiary/aromatic N) is 2. The van der Waals surface area contributed by atoms with Crippen LogP contribution in [-0.2, 0) is 4.74 Å². The Bertz CT molecular complexity index is 483. The number of nitrogens with one attached hydrogen (secondary N) is 1. The molecule has 1 saturated heterocycles. The first-order valence-corrected chi connectivity index (χ1v) is 7.87. The summed E-state index contributed by atoms with van der Waals surface area (Å²) in [5, 5.41) is 3.48. The minimum absolute atomic E-state index is 0.0357.